The van der Waals surface area contributed by atoms with E-state index in [0.717, 1.165) is 51.7 Å². The highest BCUT2D eigenvalue weighted by atomic mass is 35.5. The third kappa shape index (κ3) is 5.57. The number of hydrogen-bond donors (Lipinski definition) is 3. The molecule has 2 aromatic heterocycles. The minimum absolute atomic E-state index is 0.102. The Balaban J connectivity index is 1.08. The Morgan fingerprint density at radius 3 is 2.68 bits per heavy atom. The van der Waals surface area contributed by atoms with Gasteiger partial charge >= 0.3 is 0 Å². The summed E-state index contributed by atoms with van der Waals surface area (Å²) >= 11 is 6.49. The molecule has 4 heterocycles. The molecule has 37 heavy (non-hydrogen) atoms. The Morgan fingerprint density at radius 1 is 1.14 bits per heavy atom. The second-order valence-electron chi connectivity index (χ2n) is 11.2. The molecule has 200 valence electrons. The third-order valence-electron chi connectivity index (χ3n) is 8.47. The normalized spacial score (nSPS) is 30.7. The van der Waals surface area contributed by atoms with Crippen molar-refractivity contribution in [2.75, 3.05) is 41.9 Å². The first-order valence-electron chi connectivity index (χ1n) is 13.2. The van der Waals surface area contributed by atoms with E-state index < -0.39 is 9.84 Å². The van der Waals surface area contributed by atoms with Gasteiger partial charge in [-0.2, -0.15) is 0 Å². The minimum Gasteiger partial charge on any atom is -0.381 e. The van der Waals surface area contributed by atoms with E-state index in [0.29, 0.717) is 40.6 Å². The molecule has 2 atom stereocenters. The quantitative estimate of drug-likeness (QED) is 0.455. The Morgan fingerprint density at radius 2 is 1.92 bits per heavy atom. The van der Waals surface area contributed by atoms with Crippen molar-refractivity contribution in [2.45, 2.75) is 56.7 Å². The predicted octanol–water partition coefficient (Wildman–Crippen LogP) is 3.88. The van der Waals surface area contributed by atoms with Crippen LogP contribution in [-0.2, 0) is 14.6 Å². The van der Waals surface area contributed by atoms with Gasteiger partial charge in [0.2, 0.25) is 0 Å². The Labute approximate surface area is 222 Å². The van der Waals surface area contributed by atoms with Crippen LogP contribution < -0.4 is 16.0 Å². The molecule has 2 aliphatic heterocycles. The monoisotopic (exact) mass is 549 g/mol. The summed E-state index contributed by atoms with van der Waals surface area (Å²) in [6.07, 6.45) is 7.62. The fraction of sp³-hybridized carbons (Fsp3) is 0.615. The van der Waals surface area contributed by atoms with Gasteiger partial charge in [0.05, 0.1) is 22.2 Å². The predicted molar refractivity (Wildman–Crippen MR) is 142 cm³/mol. The van der Waals surface area contributed by atoms with Gasteiger partial charge in [0.1, 0.15) is 5.82 Å². The second kappa shape index (κ2) is 9.94. The molecule has 2 saturated carbocycles. The molecule has 3 N–H and O–H groups in total. The number of aromatic nitrogens is 2. The van der Waals surface area contributed by atoms with E-state index in [1.54, 1.807) is 12.3 Å². The Kier molecular flexibility index (Phi) is 6.79. The van der Waals surface area contributed by atoms with Crippen LogP contribution in [0.4, 0.5) is 16.0 Å². The standard InChI is InChI=1S/C26H33ClFN5O3S/c27-21-11-29-24(32-18-3-1-17(2-4-18)31-19-13-37(34,35)14-19)9-20(21)23-6-5-22(28)25(33-23)30-15-26-7-8-36-12-16(26)10-26/h5-6,9,11,16-19,31H,1-4,7-8,10,12-15H2,(H,29,32)(H,30,33)/t16-,17?,18?,26?/m0/s1. The molecule has 11 heteroatoms. The van der Waals surface area contributed by atoms with Crippen molar-refractivity contribution in [3.8, 4) is 11.3 Å². The molecule has 0 radical (unpaired) electrons. The van der Waals surface area contributed by atoms with E-state index in [4.69, 9.17) is 16.3 Å². The van der Waals surface area contributed by atoms with Gasteiger partial charge in [-0.25, -0.2) is 22.8 Å². The van der Waals surface area contributed by atoms with Gasteiger partial charge in [0.15, 0.2) is 21.5 Å². The van der Waals surface area contributed by atoms with Gasteiger partial charge in [0.25, 0.3) is 0 Å². The highest BCUT2D eigenvalue weighted by Gasteiger charge is 2.55. The zero-order valence-electron chi connectivity index (χ0n) is 20.7. The third-order valence-corrected chi connectivity index (χ3v) is 10.6. The molecule has 2 aliphatic carbocycles. The van der Waals surface area contributed by atoms with Crippen molar-refractivity contribution in [1.29, 1.82) is 0 Å². The van der Waals surface area contributed by atoms with Crippen molar-refractivity contribution in [3.05, 3.63) is 35.2 Å². The maximum Gasteiger partial charge on any atom is 0.165 e. The maximum absolute atomic E-state index is 14.6. The summed E-state index contributed by atoms with van der Waals surface area (Å²) in [5.41, 5.74) is 1.51. The summed E-state index contributed by atoms with van der Waals surface area (Å²) in [5, 5.41) is 10.7. The maximum atomic E-state index is 14.6. The van der Waals surface area contributed by atoms with Gasteiger partial charge in [-0.05, 0) is 68.1 Å². The first kappa shape index (κ1) is 25.3. The molecule has 2 saturated heterocycles. The summed E-state index contributed by atoms with van der Waals surface area (Å²) in [7, 11) is -2.81. The summed E-state index contributed by atoms with van der Waals surface area (Å²) in [6, 6.07) is 5.69. The number of nitrogens with zero attached hydrogens (tertiary/aromatic N) is 2. The number of hydrogen-bond acceptors (Lipinski definition) is 8. The number of fused-ring (bicyclic) bond motifs is 1. The number of sulfone groups is 1. The highest BCUT2D eigenvalue weighted by Crippen LogP contribution is 2.57. The van der Waals surface area contributed by atoms with E-state index >= 15 is 0 Å². The van der Waals surface area contributed by atoms with Crippen LogP contribution in [0.1, 0.15) is 38.5 Å². The van der Waals surface area contributed by atoms with Crippen LogP contribution >= 0.6 is 11.6 Å². The van der Waals surface area contributed by atoms with Crippen molar-refractivity contribution in [3.63, 3.8) is 0 Å². The molecular formula is C26H33ClFN5O3S. The van der Waals surface area contributed by atoms with Crippen molar-refractivity contribution in [1.82, 2.24) is 15.3 Å². The molecule has 0 aromatic carbocycles. The Bertz CT molecular complexity index is 1260. The van der Waals surface area contributed by atoms with Crippen molar-refractivity contribution in [2.24, 2.45) is 11.3 Å². The van der Waals surface area contributed by atoms with E-state index in [9.17, 15) is 12.8 Å². The van der Waals surface area contributed by atoms with Gasteiger partial charge in [-0.1, -0.05) is 11.6 Å². The summed E-state index contributed by atoms with van der Waals surface area (Å²) in [6.45, 7) is 2.25. The fourth-order valence-electron chi connectivity index (χ4n) is 6.08. The Hall–Kier alpha value is -2.01. The summed E-state index contributed by atoms with van der Waals surface area (Å²) in [4.78, 5) is 9.04. The SMILES string of the molecule is O=S1(=O)CC(NC2CCC(Nc3cc(-c4ccc(F)c(NCC56CCOC[C@@H]5C6)n4)c(Cl)cn3)CC2)C1. The largest absolute Gasteiger partial charge is 0.381 e. The van der Waals surface area contributed by atoms with Crippen LogP contribution in [0.3, 0.4) is 0 Å². The van der Waals surface area contributed by atoms with E-state index in [1.165, 1.54) is 6.07 Å². The molecule has 2 aromatic rings. The molecule has 8 nitrogen and oxygen atoms in total. The molecule has 0 amide bonds. The smallest absolute Gasteiger partial charge is 0.165 e. The lowest BCUT2D eigenvalue weighted by Crippen LogP contribution is -2.55. The van der Waals surface area contributed by atoms with Gasteiger partial charge in [0, 0.05) is 49.6 Å². The minimum atomic E-state index is -2.81. The van der Waals surface area contributed by atoms with Gasteiger partial charge < -0.3 is 20.7 Å². The molecule has 4 aliphatic rings. The van der Waals surface area contributed by atoms with Crippen molar-refractivity contribution >= 4 is 33.1 Å². The van der Waals surface area contributed by atoms with Crippen LogP contribution in [0.25, 0.3) is 11.3 Å². The zero-order valence-corrected chi connectivity index (χ0v) is 22.3. The van der Waals surface area contributed by atoms with E-state index in [-0.39, 0.29) is 40.6 Å². The lowest BCUT2D eigenvalue weighted by molar-refractivity contribution is 0.0650. The highest BCUT2D eigenvalue weighted by molar-refractivity contribution is 7.92. The molecular weight excluding hydrogens is 517 g/mol. The average Bonchev–Trinajstić information content (AvgIpc) is 3.60. The number of rotatable bonds is 8. The van der Waals surface area contributed by atoms with E-state index in [2.05, 4.69) is 25.9 Å². The van der Waals surface area contributed by atoms with Crippen LogP contribution in [0.2, 0.25) is 5.02 Å². The molecule has 0 spiro atoms. The lowest BCUT2D eigenvalue weighted by atomic mass is 9.90. The first-order valence-corrected chi connectivity index (χ1v) is 15.4. The molecule has 0 bridgehead atoms. The summed E-state index contributed by atoms with van der Waals surface area (Å²) in [5.74, 6) is 1.66. The van der Waals surface area contributed by atoms with Crippen LogP contribution in [0.15, 0.2) is 24.4 Å². The topological polar surface area (TPSA) is 105 Å². The summed E-state index contributed by atoms with van der Waals surface area (Å²) < 4.78 is 42.9. The lowest BCUT2D eigenvalue weighted by Gasteiger charge is -2.35. The molecule has 6 rings (SSSR count). The average molecular weight is 550 g/mol. The number of ether oxygens (including phenoxy) is 1. The number of pyridine rings is 2. The van der Waals surface area contributed by atoms with Gasteiger partial charge in [-0.3, -0.25) is 0 Å². The fourth-order valence-corrected chi connectivity index (χ4v) is 7.60. The van der Waals surface area contributed by atoms with Gasteiger partial charge in [-0.15, -0.1) is 0 Å². The number of nitrogens with one attached hydrogen (secondary N) is 3. The number of anilines is 2. The van der Waals surface area contributed by atoms with Crippen LogP contribution in [-0.4, -0.2) is 67.8 Å². The van der Waals surface area contributed by atoms with Crippen LogP contribution in [0, 0.1) is 17.2 Å². The first-order chi connectivity index (χ1) is 17.8. The molecule has 1 unspecified atom stereocenters. The second-order valence-corrected chi connectivity index (χ2v) is 13.7. The number of halogens is 2. The van der Waals surface area contributed by atoms with E-state index in [1.807, 2.05) is 6.07 Å². The van der Waals surface area contributed by atoms with Crippen LogP contribution in [0.5, 0.6) is 0 Å². The van der Waals surface area contributed by atoms with Crippen molar-refractivity contribution < 1.29 is 17.5 Å². The zero-order chi connectivity index (χ0) is 25.6. The molecule has 4 fully saturated rings.